The highest BCUT2D eigenvalue weighted by Crippen LogP contribution is 2.29. The zero-order chi connectivity index (χ0) is 14.8. The van der Waals surface area contributed by atoms with Crippen LogP contribution in [0.2, 0.25) is 0 Å². The van der Waals surface area contributed by atoms with Gasteiger partial charge < -0.3 is 15.4 Å². The summed E-state index contributed by atoms with van der Waals surface area (Å²) in [5, 5.41) is 5.89. The maximum atomic E-state index is 12.0. The molecule has 0 unspecified atom stereocenters. The van der Waals surface area contributed by atoms with Crippen LogP contribution >= 0.6 is 0 Å². The van der Waals surface area contributed by atoms with E-state index in [9.17, 15) is 9.59 Å². The average Bonchev–Trinajstić information content (AvgIpc) is 2.49. The summed E-state index contributed by atoms with van der Waals surface area (Å²) in [5.74, 6) is 0.464. The molecule has 0 aromatic heterocycles. The van der Waals surface area contributed by atoms with Gasteiger partial charge in [-0.2, -0.15) is 0 Å². The molecule has 2 amide bonds. The normalized spacial score (nSPS) is 22.3. The highest BCUT2D eigenvalue weighted by Gasteiger charge is 2.29. The molecule has 116 valence electrons. The number of carbonyl (C=O) groups excluding carboxylic acids is 2. The van der Waals surface area contributed by atoms with Crippen LogP contribution in [0.5, 0.6) is 0 Å². The van der Waals surface area contributed by atoms with Crippen molar-refractivity contribution in [3.8, 4) is 0 Å². The summed E-state index contributed by atoms with van der Waals surface area (Å²) in [6.07, 6.45) is 5.10. The van der Waals surface area contributed by atoms with Gasteiger partial charge in [0.05, 0.1) is 0 Å². The topological polar surface area (TPSA) is 67.4 Å². The minimum atomic E-state index is 0.0766. The van der Waals surface area contributed by atoms with Gasteiger partial charge in [-0.1, -0.05) is 6.92 Å². The highest BCUT2D eigenvalue weighted by atomic mass is 16.5. The maximum Gasteiger partial charge on any atom is 0.223 e. The summed E-state index contributed by atoms with van der Waals surface area (Å²) in [4.78, 5) is 23.8. The fourth-order valence-corrected chi connectivity index (χ4v) is 2.58. The predicted molar refractivity (Wildman–Crippen MR) is 78.3 cm³/mol. The number of rotatable bonds is 8. The summed E-state index contributed by atoms with van der Waals surface area (Å²) in [7, 11) is 1.66. The molecule has 1 rings (SSSR count). The monoisotopic (exact) mass is 284 g/mol. The van der Waals surface area contributed by atoms with E-state index in [1.54, 1.807) is 7.11 Å². The molecule has 0 spiro atoms. The minimum absolute atomic E-state index is 0.0766. The molecule has 2 N–H and O–H groups in total. The molecule has 1 fully saturated rings. The predicted octanol–water partition coefficient (Wildman–Crippen LogP) is 1.47. The van der Waals surface area contributed by atoms with Crippen molar-refractivity contribution in [3.63, 3.8) is 0 Å². The molecule has 0 atom stereocenters. The van der Waals surface area contributed by atoms with Crippen molar-refractivity contribution >= 4 is 11.8 Å². The summed E-state index contributed by atoms with van der Waals surface area (Å²) >= 11 is 0. The minimum Gasteiger partial charge on any atom is -0.385 e. The third kappa shape index (κ3) is 5.90. The van der Waals surface area contributed by atoms with E-state index < -0.39 is 0 Å². The lowest BCUT2D eigenvalue weighted by Gasteiger charge is -2.27. The Hall–Kier alpha value is -1.10. The SMILES string of the molecule is CCCNC(=O)C1CCC(C(=O)NCCCOC)CC1. The molecule has 5 nitrogen and oxygen atoms in total. The van der Waals surface area contributed by atoms with Crippen molar-refractivity contribution in [2.24, 2.45) is 11.8 Å². The highest BCUT2D eigenvalue weighted by molar-refractivity contribution is 5.81. The van der Waals surface area contributed by atoms with Crippen molar-refractivity contribution < 1.29 is 14.3 Å². The molecule has 0 aromatic rings. The van der Waals surface area contributed by atoms with Crippen LogP contribution in [0, 0.1) is 11.8 Å². The van der Waals surface area contributed by atoms with Gasteiger partial charge in [0, 0.05) is 38.6 Å². The van der Waals surface area contributed by atoms with Crippen molar-refractivity contribution in [1.82, 2.24) is 10.6 Å². The Labute approximate surface area is 121 Å². The van der Waals surface area contributed by atoms with Gasteiger partial charge >= 0.3 is 0 Å². The van der Waals surface area contributed by atoms with Crippen LogP contribution in [-0.2, 0) is 14.3 Å². The van der Waals surface area contributed by atoms with E-state index in [-0.39, 0.29) is 23.7 Å². The third-order valence-electron chi connectivity index (χ3n) is 3.84. The second kappa shape index (κ2) is 9.75. The molecule has 1 aliphatic rings. The lowest BCUT2D eigenvalue weighted by atomic mass is 9.81. The Morgan fingerprint density at radius 2 is 1.50 bits per heavy atom. The van der Waals surface area contributed by atoms with Gasteiger partial charge in [0.15, 0.2) is 0 Å². The van der Waals surface area contributed by atoms with Crippen LogP contribution in [0.4, 0.5) is 0 Å². The lowest BCUT2D eigenvalue weighted by molar-refractivity contribution is -0.130. The number of hydrogen-bond acceptors (Lipinski definition) is 3. The Morgan fingerprint density at radius 1 is 1.00 bits per heavy atom. The first-order valence-electron chi connectivity index (χ1n) is 7.73. The van der Waals surface area contributed by atoms with Crippen LogP contribution < -0.4 is 10.6 Å². The van der Waals surface area contributed by atoms with E-state index in [1.807, 2.05) is 6.92 Å². The lowest BCUT2D eigenvalue weighted by Crippen LogP contribution is -2.38. The fourth-order valence-electron chi connectivity index (χ4n) is 2.58. The van der Waals surface area contributed by atoms with E-state index in [4.69, 9.17) is 4.74 Å². The summed E-state index contributed by atoms with van der Waals surface area (Å²) in [5.41, 5.74) is 0. The van der Waals surface area contributed by atoms with Gasteiger partial charge in [0.2, 0.25) is 11.8 Å². The van der Waals surface area contributed by atoms with E-state index in [1.165, 1.54) is 0 Å². The second-order valence-corrected chi connectivity index (χ2v) is 5.48. The van der Waals surface area contributed by atoms with Crippen molar-refractivity contribution in [2.75, 3.05) is 26.8 Å². The Balaban J connectivity index is 2.20. The number of ether oxygens (including phenoxy) is 1. The number of methoxy groups -OCH3 is 1. The van der Waals surface area contributed by atoms with E-state index in [0.29, 0.717) is 13.2 Å². The van der Waals surface area contributed by atoms with E-state index in [2.05, 4.69) is 10.6 Å². The molecule has 5 heteroatoms. The van der Waals surface area contributed by atoms with Crippen LogP contribution in [0.15, 0.2) is 0 Å². The molecule has 0 bridgehead atoms. The van der Waals surface area contributed by atoms with Crippen LogP contribution in [0.1, 0.15) is 45.4 Å². The van der Waals surface area contributed by atoms with Crippen molar-refractivity contribution in [2.45, 2.75) is 45.4 Å². The molecule has 0 aliphatic heterocycles. The van der Waals surface area contributed by atoms with Gasteiger partial charge in [0.1, 0.15) is 0 Å². The first kappa shape index (κ1) is 17.0. The fraction of sp³-hybridized carbons (Fsp3) is 0.867. The zero-order valence-corrected chi connectivity index (χ0v) is 12.7. The largest absolute Gasteiger partial charge is 0.385 e. The Morgan fingerprint density at radius 3 is 1.95 bits per heavy atom. The summed E-state index contributed by atoms with van der Waals surface area (Å²) in [6, 6.07) is 0. The van der Waals surface area contributed by atoms with Gasteiger partial charge in [0.25, 0.3) is 0 Å². The van der Waals surface area contributed by atoms with Crippen LogP contribution in [-0.4, -0.2) is 38.6 Å². The third-order valence-corrected chi connectivity index (χ3v) is 3.84. The molecular formula is C15H28N2O3. The Bertz CT molecular complexity index is 299. The molecule has 0 radical (unpaired) electrons. The zero-order valence-electron chi connectivity index (χ0n) is 12.7. The van der Waals surface area contributed by atoms with Gasteiger partial charge in [-0.3, -0.25) is 9.59 Å². The summed E-state index contributed by atoms with van der Waals surface area (Å²) in [6.45, 7) is 4.14. The molecule has 0 heterocycles. The molecule has 0 aromatic carbocycles. The molecular weight excluding hydrogens is 256 g/mol. The van der Waals surface area contributed by atoms with Crippen LogP contribution in [0.3, 0.4) is 0 Å². The first-order chi connectivity index (χ1) is 9.69. The van der Waals surface area contributed by atoms with Gasteiger partial charge in [-0.25, -0.2) is 0 Å². The van der Waals surface area contributed by atoms with Crippen LogP contribution in [0.25, 0.3) is 0 Å². The molecule has 0 saturated heterocycles. The Kier molecular flexibility index (Phi) is 8.26. The summed E-state index contributed by atoms with van der Waals surface area (Å²) < 4.78 is 4.95. The number of amides is 2. The van der Waals surface area contributed by atoms with Crippen molar-refractivity contribution in [1.29, 1.82) is 0 Å². The van der Waals surface area contributed by atoms with Gasteiger partial charge in [-0.05, 0) is 38.5 Å². The molecule has 20 heavy (non-hydrogen) atoms. The number of nitrogens with one attached hydrogen (secondary N) is 2. The smallest absolute Gasteiger partial charge is 0.223 e. The first-order valence-corrected chi connectivity index (χ1v) is 7.73. The maximum absolute atomic E-state index is 12.0. The quantitative estimate of drug-likeness (QED) is 0.663. The molecule has 1 saturated carbocycles. The van der Waals surface area contributed by atoms with Gasteiger partial charge in [-0.15, -0.1) is 0 Å². The standard InChI is InChI=1S/C15H28N2O3/c1-3-9-16-14(18)12-5-7-13(8-6-12)15(19)17-10-4-11-20-2/h12-13H,3-11H2,1-2H3,(H,16,18)(H,17,19). The van der Waals surface area contributed by atoms with E-state index >= 15 is 0 Å². The molecule has 1 aliphatic carbocycles. The van der Waals surface area contributed by atoms with E-state index in [0.717, 1.165) is 45.1 Å². The number of hydrogen-bond donors (Lipinski definition) is 2. The average molecular weight is 284 g/mol. The number of carbonyl (C=O) groups is 2. The van der Waals surface area contributed by atoms with Crippen molar-refractivity contribution in [3.05, 3.63) is 0 Å². The second-order valence-electron chi connectivity index (χ2n) is 5.48.